The van der Waals surface area contributed by atoms with E-state index in [9.17, 15) is 9.59 Å². The number of benzene rings is 1. The molecule has 0 saturated carbocycles. The highest BCUT2D eigenvalue weighted by molar-refractivity contribution is 5.83. The molecular weight excluding hydrogens is 284 g/mol. The summed E-state index contributed by atoms with van der Waals surface area (Å²) >= 11 is 0. The molecule has 2 atom stereocenters. The fourth-order valence-corrected chi connectivity index (χ4v) is 2.46. The van der Waals surface area contributed by atoms with Crippen LogP contribution in [0.5, 0.6) is 0 Å². The van der Waals surface area contributed by atoms with Gasteiger partial charge in [-0.15, -0.1) is 0 Å². The average Bonchev–Trinajstić information content (AvgIpc) is 2.48. The Hall–Kier alpha value is -1.92. The zero-order chi connectivity index (χ0) is 15.9. The summed E-state index contributed by atoms with van der Waals surface area (Å²) in [6.45, 7) is 4.36. The number of carboxylic acids is 1. The van der Waals surface area contributed by atoms with Crippen LogP contribution in [0, 0.1) is 0 Å². The number of amides is 1. The molecule has 0 radical (unpaired) electrons. The number of carbonyl (C=O) groups is 2. The first-order valence-corrected chi connectivity index (χ1v) is 7.44. The summed E-state index contributed by atoms with van der Waals surface area (Å²) in [6.07, 6.45) is -0.0124. The van der Waals surface area contributed by atoms with Crippen molar-refractivity contribution < 1.29 is 19.4 Å². The summed E-state index contributed by atoms with van der Waals surface area (Å²) in [5, 5.41) is 11.2. The normalized spacial score (nSPS) is 20.3. The monoisotopic (exact) mass is 306 g/mol. The third-order valence-electron chi connectivity index (χ3n) is 3.63. The van der Waals surface area contributed by atoms with Crippen LogP contribution in [0.3, 0.4) is 0 Å². The SMILES string of the molecule is CC(NC(=O)CC1CN(Cc2ccccc2)CCO1)C(=O)O. The second kappa shape index (κ2) is 7.91. The van der Waals surface area contributed by atoms with Crippen LogP contribution in [-0.2, 0) is 20.9 Å². The summed E-state index contributed by atoms with van der Waals surface area (Å²) in [4.78, 5) is 24.8. The van der Waals surface area contributed by atoms with E-state index >= 15 is 0 Å². The number of hydrogen-bond donors (Lipinski definition) is 2. The number of morpholine rings is 1. The fourth-order valence-electron chi connectivity index (χ4n) is 2.46. The van der Waals surface area contributed by atoms with E-state index in [1.54, 1.807) is 0 Å². The molecule has 2 unspecified atom stereocenters. The molecular formula is C16H22N2O4. The minimum atomic E-state index is -1.04. The third-order valence-corrected chi connectivity index (χ3v) is 3.63. The number of carboxylic acid groups (broad SMARTS) is 1. The fraction of sp³-hybridized carbons (Fsp3) is 0.500. The van der Waals surface area contributed by atoms with E-state index in [1.165, 1.54) is 12.5 Å². The molecule has 22 heavy (non-hydrogen) atoms. The van der Waals surface area contributed by atoms with E-state index in [-0.39, 0.29) is 18.4 Å². The highest BCUT2D eigenvalue weighted by Crippen LogP contribution is 2.12. The maximum atomic E-state index is 11.8. The Morgan fingerprint density at radius 1 is 1.41 bits per heavy atom. The average molecular weight is 306 g/mol. The molecule has 6 nitrogen and oxygen atoms in total. The van der Waals surface area contributed by atoms with Crippen molar-refractivity contribution in [3.05, 3.63) is 35.9 Å². The predicted molar refractivity (Wildman–Crippen MR) is 81.3 cm³/mol. The molecule has 2 N–H and O–H groups in total. The Morgan fingerprint density at radius 2 is 2.14 bits per heavy atom. The number of aliphatic carboxylic acids is 1. The first-order chi connectivity index (χ1) is 10.5. The summed E-state index contributed by atoms with van der Waals surface area (Å²) in [6, 6.07) is 9.27. The minimum Gasteiger partial charge on any atom is -0.480 e. The van der Waals surface area contributed by atoms with Crippen LogP contribution in [0.2, 0.25) is 0 Å². The number of nitrogens with one attached hydrogen (secondary N) is 1. The van der Waals surface area contributed by atoms with Gasteiger partial charge in [0.1, 0.15) is 6.04 Å². The van der Waals surface area contributed by atoms with Crippen LogP contribution in [0.1, 0.15) is 18.9 Å². The molecule has 1 saturated heterocycles. The molecule has 6 heteroatoms. The number of carbonyl (C=O) groups excluding carboxylic acids is 1. The van der Waals surface area contributed by atoms with E-state index in [4.69, 9.17) is 9.84 Å². The molecule has 2 rings (SSSR count). The Bertz CT molecular complexity index is 506. The summed E-state index contributed by atoms with van der Waals surface area (Å²) in [5.74, 6) is -1.33. The van der Waals surface area contributed by atoms with Gasteiger partial charge in [0.25, 0.3) is 0 Å². The topological polar surface area (TPSA) is 78.9 Å². The molecule has 1 aliphatic rings. The molecule has 0 bridgehead atoms. The van der Waals surface area contributed by atoms with Gasteiger partial charge < -0.3 is 15.2 Å². The lowest BCUT2D eigenvalue weighted by Crippen LogP contribution is -2.46. The zero-order valence-electron chi connectivity index (χ0n) is 12.7. The van der Waals surface area contributed by atoms with E-state index in [0.717, 1.165) is 13.1 Å². The van der Waals surface area contributed by atoms with Crippen LogP contribution in [-0.4, -0.2) is 53.7 Å². The molecule has 1 amide bonds. The lowest BCUT2D eigenvalue weighted by molar-refractivity contribution is -0.142. The van der Waals surface area contributed by atoms with Crippen molar-refractivity contribution in [1.29, 1.82) is 0 Å². The Labute approximate surface area is 130 Å². The number of rotatable bonds is 6. The second-order valence-corrected chi connectivity index (χ2v) is 5.55. The number of nitrogens with zero attached hydrogens (tertiary/aromatic N) is 1. The van der Waals surface area contributed by atoms with Crippen molar-refractivity contribution in [2.75, 3.05) is 19.7 Å². The maximum Gasteiger partial charge on any atom is 0.325 e. The van der Waals surface area contributed by atoms with Gasteiger partial charge in [-0.05, 0) is 12.5 Å². The highest BCUT2D eigenvalue weighted by atomic mass is 16.5. The highest BCUT2D eigenvalue weighted by Gasteiger charge is 2.24. The molecule has 120 valence electrons. The van der Waals surface area contributed by atoms with Gasteiger partial charge in [0.05, 0.1) is 19.1 Å². The molecule has 0 spiro atoms. The number of ether oxygens (including phenoxy) is 1. The van der Waals surface area contributed by atoms with E-state index in [0.29, 0.717) is 13.2 Å². The standard InChI is InChI=1S/C16H22N2O4/c1-12(16(20)21)17-15(19)9-14-11-18(7-8-22-14)10-13-5-3-2-4-6-13/h2-6,12,14H,7-11H2,1H3,(H,17,19)(H,20,21). The van der Waals surface area contributed by atoms with Crippen LogP contribution >= 0.6 is 0 Å². The molecule has 0 aromatic heterocycles. The van der Waals surface area contributed by atoms with Crippen LogP contribution < -0.4 is 5.32 Å². The smallest absolute Gasteiger partial charge is 0.325 e. The Balaban J connectivity index is 1.80. The third kappa shape index (κ3) is 5.13. The van der Waals surface area contributed by atoms with E-state index in [2.05, 4.69) is 22.3 Å². The lowest BCUT2D eigenvalue weighted by Gasteiger charge is -2.32. The van der Waals surface area contributed by atoms with Gasteiger partial charge in [0.2, 0.25) is 5.91 Å². The van der Waals surface area contributed by atoms with Crippen molar-refractivity contribution in [2.45, 2.75) is 32.0 Å². The van der Waals surface area contributed by atoms with Gasteiger partial charge in [-0.3, -0.25) is 14.5 Å². The zero-order valence-corrected chi connectivity index (χ0v) is 12.7. The summed E-state index contributed by atoms with van der Waals surface area (Å²) in [7, 11) is 0. The summed E-state index contributed by atoms with van der Waals surface area (Å²) < 4.78 is 5.61. The van der Waals surface area contributed by atoms with E-state index < -0.39 is 12.0 Å². The first kappa shape index (κ1) is 16.5. The van der Waals surface area contributed by atoms with Gasteiger partial charge in [-0.25, -0.2) is 0 Å². The molecule has 1 aromatic rings. The van der Waals surface area contributed by atoms with Crippen LogP contribution in [0.25, 0.3) is 0 Å². The quantitative estimate of drug-likeness (QED) is 0.815. The van der Waals surface area contributed by atoms with Crippen molar-refractivity contribution in [3.8, 4) is 0 Å². The van der Waals surface area contributed by atoms with Crippen molar-refractivity contribution in [1.82, 2.24) is 10.2 Å². The largest absolute Gasteiger partial charge is 0.480 e. The van der Waals surface area contributed by atoms with Crippen molar-refractivity contribution in [2.24, 2.45) is 0 Å². The van der Waals surface area contributed by atoms with E-state index in [1.807, 2.05) is 18.2 Å². The van der Waals surface area contributed by atoms with Crippen LogP contribution in [0.15, 0.2) is 30.3 Å². The minimum absolute atomic E-state index is 0.183. The molecule has 1 heterocycles. The molecule has 1 aromatic carbocycles. The number of hydrogen-bond acceptors (Lipinski definition) is 4. The van der Waals surface area contributed by atoms with Crippen molar-refractivity contribution in [3.63, 3.8) is 0 Å². The molecule has 0 aliphatic carbocycles. The molecule has 1 aliphatic heterocycles. The predicted octanol–water partition coefficient (Wildman–Crippen LogP) is 0.867. The second-order valence-electron chi connectivity index (χ2n) is 5.55. The first-order valence-electron chi connectivity index (χ1n) is 7.44. The Morgan fingerprint density at radius 3 is 2.82 bits per heavy atom. The molecule has 1 fully saturated rings. The van der Waals surface area contributed by atoms with Gasteiger partial charge >= 0.3 is 5.97 Å². The summed E-state index contributed by atoms with van der Waals surface area (Å²) in [5.41, 5.74) is 1.23. The van der Waals surface area contributed by atoms with Gasteiger partial charge in [0.15, 0.2) is 0 Å². The maximum absolute atomic E-state index is 11.8. The van der Waals surface area contributed by atoms with Crippen LogP contribution in [0.4, 0.5) is 0 Å². The van der Waals surface area contributed by atoms with Gasteiger partial charge in [0, 0.05) is 19.6 Å². The Kier molecular flexibility index (Phi) is 5.91. The van der Waals surface area contributed by atoms with Gasteiger partial charge in [-0.2, -0.15) is 0 Å². The lowest BCUT2D eigenvalue weighted by atomic mass is 10.1. The van der Waals surface area contributed by atoms with Gasteiger partial charge in [-0.1, -0.05) is 30.3 Å². The van der Waals surface area contributed by atoms with Crippen molar-refractivity contribution >= 4 is 11.9 Å².